The lowest BCUT2D eigenvalue weighted by molar-refractivity contribution is 0.0746. The van der Waals surface area contributed by atoms with Crippen molar-refractivity contribution in [1.82, 2.24) is 14.9 Å². The first-order valence-corrected chi connectivity index (χ1v) is 11.1. The average molecular weight is 441 g/mol. The molecule has 1 aliphatic rings. The molecule has 0 bridgehead atoms. The summed E-state index contributed by atoms with van der Waals surface area (Å²) in [6.45, 7) is 1.88. The molecule has 2 heterocycles. The molecular weight excluding hydrogens is 421 g/mol. The smallest absolute Gasteiger partial charge is 0.263 e. The van der Waals surface area contributed by atoms with Crippen LogP contribution in [-0.2, 0) is 10.0 Å². The largest absolute Gasteiger partial charge is 0.350 e. The van der Waals surface area contributed by atoms with Crippen molar-refractivity contribution in [2.75, 3.05) is 35.8 Å². The van der Waals surface area contributed by atoms with Gasteiger partial charge in [0.2, 0.25) is 0 Å². The highest BCUT2D eigenvalue weighted by Crippen LogP contribution is 2.25. The molecule has 3 aromatic rings. The lowest BCUT2D eigenvalue weighted by atomic mass is 10.2. The summed E-state index contributed by atoms with van der Waals surface area (Å²) >= 11 is 0. The molecule has 0 saturated carbocycles. The van der Waals surface area contributed by atoms with E-state index in [0.717, 1.165) is 12.1 Å². The Morgan fingerprint density at radius 3 is 2.23 bits per heavy atom. The van der Waals surface area contributed by atoms with Gasteiger partial charge in [0.05, 0.1) is 4.90 Å². The van der Waals surface area contributed by atoms with Crippen LogP contribution in [0.1, 0.15) is 10.4 Å². The maximum atomic E-state index is 13.1. The van der Waals surface area contributed by atoms with Crippen LogP contribution in [0.3, 0.4) is 0 Å². The van der Waals surface area contributed by atoms with Gasteiger partial charge in [-0.05, 0) is 36.4 Å². The molecule has 1 fully saturated rings. The molecule has 0 aliphatic carbocycles. The third-order valence-corrected chi connectivity index (χ3v) is 6.28. The molecule has 0 atom stereocenters. The van der Waals surface area contributed by atoms with Gasteiger partial charge in [0.15, 0.2) is 11.6 Å². The van der Waals surface area contributed by atoms with Crippen LogP contribution in [0, 0.1) is 5.82 Å². The first kappa shape index (κ1) is 20.7. The Hall–Kier alpha value is -3.53. The number of amides is 1. The van der Waals surface area contributed by atoms with Crippen molar-refractivity contribution in [2.45, 2.75) is 4.90 Å². The van der Waals surface area contributed by atoms with E-state index < -0.39 is 15.8 Å². The summed E-state index contributed by atoms with van der Waals surface area (Å²) < 4.78 is 40.9. The van der Waals surface area contributed by atoms with Crippen LogP contribution in [0.25, 0.3) is 0 Å². The maximum absolute atomic E-state index is 13.1. The summed E-state index contributed by atoms with van der Waals surface area (Å²) in [7, 11) is -3.96. The Labute approximate surface area is 179 Å². The minimum Gasteiger partial charge on any atom is -0.350 e. The first-order chi connectivity index (χ1) is 14.9. The molecule has 1 aliphatic heterocycles. The molecule has 0 radical (unpaired) electrons. The van der Waals surface area contributed by atoms with Gasteiger partial charge in [0.25, 0.3) is 15.9 Å². The van der Waals surface area contributed by atoms with Gasteiger partial charge in [-0.15, -0.1) is 0 Å². The number of carbonyl (C=O) groups excluding carboxylic acids is 1. The van der Waals surface area contributed by atoms with Crippen molar-refractivity contribution in [3.05, 3.63) is 78.4 Å². The highest BCUT2D eigenvalue weighted by Gasteiger charge is 2.26. The molecule has 10 heteroatoms. The standard InChI is InChI=1S/C21H20FN5O3S/c22-17-6-8-18(9-7-17)31(29,30)25-19-20(24-11-10-23-19)26-12-14-27(15-13-26)21(28)16-4-2-1-3-5-16/h1-11H,12-15H2,(H,23,25). The number of benzene rings is 2. The second-order valence-corrected chi connectivity index (χ2v) is 8.62. The number of carbonyl (C=O) groups is 1. The number of aromatic nitrogens is 2. The number of piperazine rings is 1. The number of hydrogen-bond donors (Lipinski definition) is 1. The van der Waals surface area contributed by atoms with E-state index in [1.807, 2.05) is 23.1 Å². The Morgan fingerprint density at radius 1 is 0.903 bits per heavy atom. The average Bonchev–Trinajstić information content (AvgIpc) is 2.80. The number of nitrogens with one attached hydrogen (secondary N) is 1. The number of sulfonamides is 1. The zero-order valence-corrected chi connectivity index (χ0v) is 17.3. The normalized spacial score (nSPS) is 14.4. The van der Waals surface area contributed by atoms with Gasteiger partial charge < -0.3 is 9.80 Å². The van der Waals surface area contributed by atoms with Crippen molar-refractivity contribution in [3.8, 4) is 0 Å². The number of hydrogen-bond acceptors (Lipinski definition) is 6. The van der Waals surface area contributed by atoms with Crippen LogP contribution in [0.15, 0.2) is 71.9 Å². The summed E-state index contributed by atoms with van der Waals surface area (Å²) in [6, 6.07) is 13.6. The monoisotopic (exact) mass is 441 g/mol. The van der Waals surface area contributed by atoms with Gasteiger partial charge in [-0.25, -0.2) is 22.8 Å². The van der Waals surface area contributed by atoms with Gasteiger partial charge in [-0.3, -0.25) is 9.52 Å². The minimum atomic E-state index is -3.96. The summed E-state index contributed by atoms with van der Waals surface area (Å²) in [5.41, 5.74) is 0.628. The topological polar surface area (TPSA) is 95.5 Å². The number of anilines is 2. The van der Waals surface area contributed by atoms with Gasteiger partial charge in [-0.2, -0.15) is 0 Å². The molecule has 160 valence electrons. The molecular formula is C21H20FN5O3S. The fourth-order valence-corrected chi connectivity index (χ4v) is 4.33. The molecule has 0 unspecified atom stereocenters. The van der Waals surface area contributed by atoms with Gasteiger partial charge in [0.1, 0.15) is 5.82 Å². The second kappa shape index (κ2) is 8.68. The molecule has 1 aromatic heterocycles. The Bertz CT molecular complexity index is 1170. The lowest BCUT2D eigenvalue weighted by Gasteiger charge is -2.35. The Morgan fingerprint density at radius 2 is 1.55 bits per heavy atom. The van der Waals surface area contributed by atoms with Gasteiger partial charge >= 0.3 is 0 Å². The van der Waals surface area contributed by atoms with E-state index in [1.54, 1.807) is 17.0 Å². The van der Waals surface area contributed by atoms with Crippen LogP contribution in [0.4, 0.5) is 16.0 Å². The van der Waals surface area contributed by atoms with E-state index in [-0.39, 0.29) is 16.6 Å². The molecule has 4 rings (SSSR count). The van der Waals surface area contributed by atoms with Crippen molar-refractivity contribution in [2.24, 2.45) is 0 Å². The molecule has 31 heavy (non-hydrogen) atoms. The van der Waals surface area contributed by atoms with Crippen molar-refractivity contribution in [3.63, 3.8) is 0 Å². The van der Waals surface area contributed by atoms with Crippen molar-refractivity contribution >= 4 is 27.6 Å². The number of nitrogens with zero attached hydrogens (tertiary/aromatic N) is 4. The summed E-state index contributed by atoms with van der Waals surface area (Å²) in [5, 5.41) is 0. The minimum absolute atomic E-state index is 0.0448. The third-order valence-electron chi connectivity index (χ3n) is 4.92. The fraction of sp³-hybridized carbons (Fsp3) is 0.190. The molecule has 0 spiro atoms. The molecule has 1 N–H and O–H groups in total. The fourth-order valence-electron chi connectivity index (χ4n) is 3.32. The maximum Gasteiger partial charge on any atom is 0.263 e. The van der Waals surface area contributed by atoms with Crippen LogP contribution < -0.4 is 9.62 Å². The van der Waals surface area contributed by atoms with Crippen molar-refractivity contribution < 1.29 is 17.6 Å². The van der Waals surface area contributed by atoms with Crippen LogP contribution in [-0.4, -0.2) is 55.4 Å². The van der Waals surface area contributed by atoms with E-state index in [0.29, 0.717) is 37.6 Å². The molecule has 1 saturated heterocycles. The van der Waals surface area contributed by atoms with E-state index in [2.05, 4.69) is 14.7 Å². The van der Waals surface area contributed by atoms with E-state index in [4.69, 9.17) is 0 Å². The van der Waals surface area contributed by atoms with Crippen LogP contribution >= 0.6 is 0 Å². The highest BCUT2D eigenvalue weighted by atomic mass is 32.2. The first-order valence-electron chi connectivity index (χ1n) is 9.63. The van der Waals surface area contributed by atoms with Gasteiger partial charge in [0, 0.05) is 44.1 Å². The SMILES string of the molecule is O=C(c1ccccc1)N1CCN(c2nccnc2NS(=O)(=O)c2ccc(F)cc2)CC1. The van der Waals surface area contributed by atoms with E-state index >= 15 is 0 Å². The predicted octanol–water partition coefficient (Wildman–Crippen LogP) is 2.38. The van der Waals surface area contributed by atoms with Crippen LogP contribution in [0.5, 0.6) is 0 Å². The Balaban J connectivity index is 1.48. The van der Waals surface area contributed by atoms with E-state index in [1.165, 1.54) is 24.5 Å². The van der Waals surface area contributed by atoms with E-state index in [9.17, 15) is 17.6 Å². The summed E-state index contributed by atoms with van der Waals surface area (Å²) in [4.78, 5) is 24.6. The third kappa shape index (κ3) is 4.64. The molecule has 2 aromatic carbocycles. The highest BCUT2D eigenvalue weighted by molar-refractivity contribution is 7.92. The second-order valence-electron chi connectivity index (χ2n) is 6.93. The molecule has 8 nitrogen and oxygen atoms in total. The predicted molar refractivity (Wildman–Crippen MR) is 114 cm³/mol. The quantitative estimate of drug-likeness (QED) is 0.653. The summed E-state index contributed by atoms with van der Waals surface area (Å²) in [5.74, 6) is -0.117. The zero-order chi connectivity index (χ0) is 21.8. The number of halogens is 1. The lowest BCUT2D eigenvalue weighted by Crippen LogP contribution is -2.49. The molecule has 1 amide bonds. The Kier molecular flexibility index (Phi) is 5.81. The van der Waals surface area contributed by atoms with Crippen LogP contribution in [0.2, 0.25) is 0 Å². The summed E-state index contributed by atoms with van der Waals surface area (Å²) in [6.07, 6.45) is 2.87. The van der Waals surface area contributed by atoms with Crippen molar-refractivity contribution in [1.29, 1.82) is 0 Å². The zero-order valence-electron chi connectivity index (χ0n) is 16.5. The van der Waals surface area contributed by atoms with Gasteiger partial charge in [-0.1, -0.05) is 18.2 Å². The number of rotatable bonds is 5.